The molecule has 0 saturated heterocycles. The van der Waals surface area contributed by atoms with Crippen LogP contribution >= 0.6 is 0 Å². The highest BCUT2D eigenvalue weighted by Crippen LogP contribution is 2.29. The van der Waals surface area contributed by atoms with Crippen molar-refractivity contribution in [2.75, 3.05) is 12.9 Å². The average Bonchev–Trinajstić information content (AvgIpc) is 2.70. The molecule has 0 aliphatic heterocycles. The average molecular weight is 427 g/mol. The van der Waals surface area contributed by atoms with Crippen molar-refractivity contribution in [3.05, 3.63) is 65.7 Å². The van der Waals surface area contributed by atoms with E-state index in [4.69, 9.17) is 0 Å². The van der Waals surface area contributed by atoms with Crippen molar-refractivity contribution >= 4 is 22.7 Å². The SMILES string of the molecule is COC(=O)[C@H](CC[S@@](=O)c1ccccc1)NC(=O)Cc1ccc(C(F)(F)F)cc1. The quantitative estimate of drug-likeness (QED) is 0.657. The Labute approximate surface area is 168 Å². The molecule has 9 heteroatoms. The zero-order valence-corrected chi connectivity index (χ0v) is 16.4. The summed E-state index contributed by atoms with van der Waals surface area (Å²) in [5.74, 6) is -1.11. The molecule has 0 aliphatic rings. The highest BCUT2D eigenvalue weighted by atomic mass is 32.2. The van der Waals surface area contributed by atoms with E-state index in [1.807, 2.05) is 0 Å². The lowest BCUT2D eigenvalue weighted by Gasteiger charge is -2.16. The van der Waals surface area contributed by atoms with E-state index in [0.717, 1.165) is 12.1 Å². The molecule has 1 N–H and O–H groups in total. The monoisotopic (exact) mass is 427 g/mol. The van der Waals surface area contributed by atoms with Gasteiger partial charge < -0.3 is 10.1 Å². The van der Waals surface area contributed by atoms with Crippen LogP contribution in [0.1, 0.15) is 17.5 Å². The van der Waals surface area contributed by atoms with E-state index in [1.54, 1.807) is 30.3 Å². The molecule has 5 nitrogen and oxygen atoms in total. The van der Waals surface area contributed by atoms with Crippen LogP contribution in [0.25, 0.3) is 0 Å². The van der Waals surface area contributed by atoms with E-state index in [9.17, 15) is 27.0 Å². The van der Waals surface area contributed by atoms with Crippen LogP contribution in [-0.4, -0.2) is 35.0 Å². The van der Waals surface area contributed by atoms with Gasteiger partial charge in [-0.1, -0.05) is 30.3 Å². The van der Waals surface area contributed by atoms with Crippen LogP contribution in [0.2, 0.25) is 0 Å². The zero-order chi connectivity index (χ0) is 21.4. The molecule has 2 rings (SSSR count). The standard InChI is InChI=1S/C20H20F3NO4S/c1-28-19(26)17(11-12-29(27)16-5-3-2-4-6-16)24-18(25)13-14-7-9-15(10-8-14)20(21,22)23/h2-10,17H,11-13H2,1H3,(H,24,25)/t17-,29+/m0/s1. The lowest BCUT2D eigenvalue weighted by molar-refractivity contribution is -0.145. The lowest BCUT2D eigenvalue weighted by atomic mass is 10.1. The van der Waals surface area contributed by atoms with Crippen molar-refractivity contribution in [2.45, 2.75) is 30.0 Å². The largest absolute Gasteiger partial charge is 0.467 e. The third kappa shape index (κ3) is 7.01. The number of ether oxygens (including phenoxy) is 1. The summed E-state index contributed by atoms with van der Waals surface area (Å²) in [7, 11) is -0.180. The van der Waals surface area contributed by atoms with Gasteiger partial charge in [-0.15, -0.1) is 0 Å². The molecule has 1 amide bonds. The van der Waals surface area contributed by atoms with Crippen molar-refractivity contribution in [3.63, 3.8) is 0 Å². The van der Waals surface area contributed by atoms with Gasteiger partial charge in [-0.05, 0) is 36.2 Å². The first-order valence-corrected chi connectivity index (χ1v) is 9.99. The molecular weight excluding hydrogens is 407 g/mol. The number of carbonyl (C=O) groups is 2. The van der Waals surface area contributed by atoms with Crippen molar-refractivity contribution in [1.29, 1.82) is 0 Å². The molecule has 0 aliphatic carbocycles. The van der Waals surface area contributed by atoms with E-state index in [1.165, 1.54) is 19.2 Å². The first-order chi connectivity index (χ1) is 13.7. The minimum atomic E-state index is -4.45. The van der Waals surface area contributed by atoms with E-state index in [2.05, 4.69) is 10.1 Å². The van der Waals surface area contributed by atoms with Crippen molar-refractivity contribution in [3.8, 4) is 0 Å². The lowest BCUT2D eigenvalue weighted by Crippen LogP contribution is -2.43. The summed E-state index contributed by atoms with van der Waals surface area (Å²) in [5.41, 5.74) is -0.440. The summed E-state index contributed by atoms with van der Waals surface area (Å²) in [4.78, 5) is 24.8. The molecule has 0 heterocycles. The molecule has 156 valence electrons. The van der Waals surface area contributed by atoms with Gasteiger partial charge in [0.25, 0.3) is 0 Å². The summed E-state index contributed by atoms with van der Waals surface area (Å²) in [6, 6.07) is 11.9. The van der Waals surface area contributed by atoms with Gasteiger partial charge in [0.15, 0.2) is 0 Å². The first-order valence-electron chi connectivity index (χ1n) is 8.67. The number of hydrogen-bond donors (Lipinski definition) is 1. The number of esters is 1. The van der Waals surface area contributed by atoms with Crippen molar-refractivity contribution in [2.24, 2.45) is 0 Å². The summed E-state index contributed by atoms with van der Waals surface area (Å²) in [6.07, 6.45) is -4.56. The predicted octanol–water partition coefficient (Wildman–Crippen LogP) is 3.10. The van der Waals surface area contributed by atoms with Crippen LogP contribution in [0.5, 0.6) is 0 Å². The molecule has 29 heavy (non-hydrogen) atoms. The van der Waals surface area contributed by atoms with E-state index < -0.39 is 40.5 Å². The Kier molecular flexibility index (Phi) is 7.95. The van der Waals surface area contributed by atoms with E-state index in [0.29, 0.717) is 10.5 Å². The van der Waals surface area contributed by atoms with Crippen LogP contribution in [0, 0.1) is 0 Å². The maximum atomic E-state index is 12.6. The van der Waals surface area contributed by atoms with Crippen LogP contribution < -0.4 is 5.32 Å². The summed E-state index contributed by atoms with van der Waals surface area (Å²) in [6.45, 7) is 0. The number of rotatable bonds is 8. The highest BCUT2D eigenvalue weighted by molar-refractivity contribution is 7.85. The Morgan fingerprint density at radius 2 is 1.69 bits per heavy atom. The van der Waals surface area contributed by atoms with Crippen LogP contribution in [0.15, 0.2) is 59.5 Å². The minimum absolute atomic E-state index is 0.0902. The molecule has 2 aromatic carbocycles. The van der Waals surface area contributed by atoms with Gasteiger partial charge in [-0.25, -0.2) is 4.79 Å². The molecule has 0 aromatic heterocycles. The van der Waals surface area contributed by atoms with Gasteiger partial charge in [0.1, 0.15) is 6.04 Å². The number of carbonyl (C=O) groups excluding carboxylic acids is 2. The van der Waals surface area contributed by atoms with Crippen LogP contribution in [0.4, 0.5) is 13.2 Å². The van der Waals surface area contributed by atoms with Gasteiger partial charge in [-0.2, -0.15) is 13.2 Å². The van der Waals surface area contributed by atoms with E-state index in [-0.39, 0.29) is 18.6 Å². The van der Waals surface area contributed by atoms with Gasteiger partial charge in [0.05, 0.1) is 29.9 Å². The normalized spacial score (nSPS) is 13.4. The Bertz CT molecular complexity index is 854. The molecular formula is C20H20F3NO4S. The second-order valence-corrected chi connectivity index (χ2v) is 7.74. The molecule has 0 radical (unpaired) electrons. The molecule has 0 unspecified atom stereocenters. The summed E-state index contributed by atoms with van der Waals surface area (Å²) in [5, 5.41) is 2.50. The fourth-order valence-electron chi connectivity index (χ4n) is 2.55. The fraction of sp³-hybridized carbons (Fsp3) is 0.300. The summed E-state index contributed by atoms with van der Waals surface area (Å²) >= 11 is 0. The van der Waals surface area contributed by atoms with E-state index >= 15 is 0 Å². The number of halogens is 3. The number of benzene rings is 2. The van der Waals surface area contributed by atoms with Crippen LogP contribution in [0.3, 0.4) is 0 Å². The smallest absolute Gasteiger partial charge is 0.416 e. The van der Waals surface area contributed by atoms with Crippen molar-refractivity contribution in [1.82, 2.24) is 5.32 Å². The zero-order valence-electron chi connectivity index (χ0n) is 15.6. The van der Waals surface area contributed by atoms with Crippen LogP contribution in [-0.2, 0) is 37.7 Å². The number of hydrogen-bond acceptors (Lipinski definition) is 4. The second-order valence-electron chi connectivity index (χ2n) is 6.17. The van der Waals surface area contributed by atoms with Crippen molar-refractivity contribution < 1.29 is 31.7 Å². The number of nitrogens with one attached hydrogen (secondary N) is 1. The third-order valence-corrected chi connectivity index (χ3v) is 5.47. The molecule has 2 aromatic rings. The molecule has 0 spiro atoms. The maximum Gasteiger partial charge on any atom is 0.416 e. The minimum Gasteiger partial charge on any atom is -0.467 e. The molecule has 2 atom stereocenters. The molecule has 0 fully saturated rings. The predicted molar refractivity (Wildman–Crippen MR) is 101 cm³/mol. The van der Waals surface area contributed by atoms with Gasteiger partial charge in [-0.3, -0.25) is 9.00 Å². The Morgan fingerprint density at radius 3 is 2.24 bits per heavy atom. The topological polar surface area (TPSA) is 72.5 Å². The Hall–Kier alpha value is -2.68. The molecule has 0 saturated carbocycles. The number of alkyl halides is 3. The third-order valence-electron chi connectivity index (χ3n) is 4.06. The molecule has 0 bridgehead atoms. The number of amides is 1. The number of methoxy groups -OCH3 is 1. The second kappa shape index (κ2) is 10.2. The fourth-order valence-corrected chi connectivity index (χ4v) is 3.69. The van der Waals surface area contributed by atoms with Gasteiger partial charge in [0.2, 0.25) is 5.91 Å². The Morgan fingerprint density at radius 1 is 1.07 bits per heavy atom. The van der Waals surface area contributed by atoms with Gasteiger partial charge in [0, 0.05) is 10.6 Å². The Balaban J connectivity index is 1.96. The first kappa shape index (κ1) is 22.6. The summed E-state index contributed by atoms with van der Waals surface area (Å²) < 4.78 is 54.8. The maximum absolute atomic E-state index is 12.6. The highest BCUT2D eigenvalue weighted by Gasteiger charge is 2.30. The van der Waals surface area contributed by atoms with Gasteiger partial charge >= 0.3 is 12.1 Å².